The maximum atomic E-state index is 13.9. The lowest BCUT2D eigenvalue weighted by atomic mass is 9.85. The third kappa shape index (κ3) is 6.12. The zero-order chi connectivity index (χ0) is 30.8. The highest BCUT2D eigenvalue weighted by atomic mass is 16.2. The van der Waals surface area contributed by atoms with Gasteiger partial charge in [0, 0.05) is 43.2 Å². The molecule has 1 heterocycles. The van der Waals surface area contributed by atoms with Crippen molar-refractivity contribution in [3.05, 3.63) is 93.0 Å². The fourth-order valence-corrected chi connectivity index (χ4v) is 6.35. The first-order chi connectivity index (χ1) is 20.6. The van der Waals surface area contributed by atoms with Gasteiger partial charge in [0.25, 0.3) is 5.91 Å². The molecule has 7 nitrogen and oxygen atoms in total. The van der Waals surface area contributed by atoms with Crippen molar-refractivity contribution in [1.29, 1.82) is 0 Å². The van der Waals surface area contributed by atoms with Crippen LogP contribution in [0.15, 0.2) is 48.5 Å². The average Bonchev–Trinajstić information content (AvgIpc) is 3.02. The Bertz CT molecular complexity index is 1660. The molecule has 0 spiro atoms. The second kappa shape index (κ2) is 12.5. The molecule has 2 N–H and O–H groups in total. The number of hydrogen-bond acceptors (Lipinski definition) is 6. The third-order valence-electron chi connectivity index (χ3n) is 9.38. The lowest BCUT2D eigenvalue weighted by Crippen LogP contribution is -2.34. The van der Waals surface area contributed by atoms with E-state index in [9.17, 15) is 9.59 Å². The minimum Gasteiger partial charge on any atom is -0.362 e. The second-order valence-corrected chi connectivity index (χ2v) is 12.2. The molecular weight excluding hydrogens is 534 g/mol. The van der Waals surface area contributed by atoms with Crippen LogP contribution in [0.1, 0.15) is 79.8 Å². The lowest BCUT2D eigenvalue weighted by Gasteiger charge is -2.29. The van der Waals surface area contributed by atoms with Crippen LogP contribution in [0, 0.1) is 40.5 Å². The van der Waals surface area contributed by atoms with Gasteiger partial charge in [-0.15, -0.1) is 0 Å². The van der Waals surface area contributed by atoms with Crippen molar-refractivity contribution in [3.8, 4) is 0 Å². The van der Waals surface area contributed by atoms with Gasteiger partial charge in [-0.1, -0.05) is 30.3 Å². The largest absolute Gasteiger partial charge is 0.362 e. The number of aromatic nitrogens is 2. The van der Waals surface area contributed by atoms with Crippen LogP contribution in [-0.4, -0.2) is 48.3 Å². The molecule has 1 amide bonds. The molecule has 1 fully saturated rings. The second-order valence-electron chi connectivity index (χ2n) is 12.2. The summed E-state index contributed by atoms with van der Waals surface area (Å²) in [5, 5.41) is 7.74. The number of hydrogen-bond donors (Lipinski definition) is 2. The van der Waals surface area contributed by atoms with Gasteiger partial charge in [-0.25, -0.2) is 4.98 Å². The molecule has 0 atom stereocenters. The summed E-state index contributed by atoms with van der Waals surface area (Å²) in [6.07, 6.45) is 3.95. The third-order valence-corrected chi connectivity index (χ3v) is 9.38. The molecule has 1 saturated carbocycles. The van der Waals surface area contributed by atoms with Crippen molar-refractivity contribution in [2.24, 2.45) is 5.92 Å². The van der Waals surface area contributed by atoms with Crippen molar-refractivity contribution in [2.75, 3.05) is 30.9 Å². The van der Waals surface area contributed by atoms with Gasteiger partial charge < -0.3 is 15.5 Å². The Balaban J connectivity index is 1.22. The van der Waals surface area contributed by atoms with Crippen LogP contribution in [-0.2, 0) is 0 Å². The molecule has 3 aromatic carbocycles. The summed E-state index contributed by atoms with van der Waals surface area (Å²) in [5.41, 5.74) is 7.96. The summed E-state index contributed by atoms with van der Waals surface area (Å²) in [5.74, 6) is 1.66. The average molecular weight is 578 g/mol. The van der Waals surface area contributed by atoms with Crippen molar-refractivity contribution in [2.45, 2.75) is 66.3 Å². The minimum atomic E-state index is -0.194. The lowest BCUT2D eigenvalue weighted by molar-refractivity contribution is 0.0932. The number of anilines is 2. The minimum absolute atomic E-state index is 0.0909. The topological polar surface area (TPSA) is 87.2 Å². The summed E-state index contributed by atoms with van der Waals surface area (Å²) in [4.78, 5) is 38.8. The molecule has 4 aromatic rings. The Labute approximate surface area is 255 Å². The van der Waals surface area contributed by atoms with E-state index in [0.717, 1.165) is 64.7 Å². The fourth-order valence-electron chi connectivity index (χ4n) is 6.35. The monoisotopic (exact) mass is 577 g/mol. The standard InChI is InChI=1S/C36H43N5O2/c1-21-22(2)24(4)32(25(5)23(21)3)33(42)28-12-8-9-13-29(28)35(43)37-20-26-16-18-27(19-17-26)38-36-39-31-15-11-10-14-30(31)34(40-36)41(6)7/h8-15,26-27H,16-20H2,1-7H3,(H,37,43)(H,38,39,40)/t26-,27+. The normalized spacial score (nSPS) is 16.6. The van der Waals surface area contributed by atoms with E-state index in [-0.39, 0.29) is 17.7 Å². The van der Waals surface area contributed by atoms with Crippen molar-refractivity contribution >= 4 is 34.4 Å². The van der Waals surface area contributed by atoms with E-state index >= 15 is 0 Å². The number of ketones is 1. The number of nitrogens with one attached hydrogen (secondary N) is 2. The molecule has 1 aliphatic carbocycles. The zero-order valence-electron chi connectivity index (χ0n) is 26.5. The molecular formula is C36H43N5O2. The molecule has 0 saturated heterocycles. The van der Waals surface area contributed by atoms with Crippen LogP contribution in [0.3, 0.4) is 0 Å². The van der Waals surface area contributed by atoms with Gasteiger partial charge in [-0.2, -0.15) is 4.98 Å². The molecule has 7 heteroatoms. The molecule has 1 aromatic heterocycles. The van der Waals surface area contributed by atoms with Crippen molar-refractivity contribution in [1.82, 2.24) is 15.3 Å². The van der Waals surface area contributed by atoms with E-state index in [4.69, 9.17) is 9.97 Å². The van der Waals surface area contributed by atoms with Crippen LogP contribution in [0.4, 0.5) is 11.8 Å². The van der Waals surface area contributed by atoms with Gasteiger partial charge in [0.05, 0.1) is 11.1 Å². The highest BCUT2D eigenvalue weighted by molar-refractivity contribution is 6.16. The molecule has 43 heavy (non-hydrogen) atoms. The predicted molar refractivity (Wildman–Crippen MR) is 176 cm³/mol. The first kappa shape index (κ1) is 30.2. The van der Waals surface area contributed by atoms with E-state index < -0.39 is 0 Å². The van der Waals surface area contributed by atoms with E-state index in [1.807, 2.05) is 63.2 Å². The van der Waals surface area contributed by atoms with Crippen molar-refractivity contribution in [3.63, 3.8) is 0 Å². The van der Waals surface area contributed by atoms with Crippen LogP contribution in [0.2, 0.25) is 0 Å². The molecule has 0 bridgehead atoms. The molecule has 0 unspecified atom stereocenters. The number of amides is 1. The van der Waals surface area contributed by atoms with Crippen LogP contribution >= 0.6 is 0 Å². The quantitative estimate of drug-likeness (QED) is 0.222. The van der Waals surface area contributed by atoms with Crippen LogP contribution < -0.4 is 15.5 Å². The van der Waals surface area contributed by atoms with Gasteiger partial charge in [0.15, 0.2) is 5.78 Å². The van der Waals surface area contributed by atoms with Gasteiger partial charge in [-0.05, 0) is 112 Å². The summed E-state index contributed by atoms with van der Waals surface area (Å²) in [7, 11) is 4.00. The number of nitrogens with zero attached hydrogens (tertiary/aromatic N) is 3. The molecule has 0 radical (unpaired) electrons. The molecule has 0 aliphatic heterocycles. The number of para-hydroxylation sites is 1. The number of carbonyl (C=O) groups is 2. The summed E-state index contributed by atoms with van der Waals surface area (Å²) >= 11 is 0. The van der Waals surface area contributed by atoms with Crippen molar-refractivity contribution < 1.29 is 9.59 Å². The van der Waals surface area contributed by atoms with Crippen LogP contribution in [0.5, 0.6) is 0 Å². The Morgan fingerprint density at radius 3 is 2.00 bits per heavy atom. The Morgan fingerprint density at radius 1 is 0.767 bits per heavy atom. The van der Waals surface area contributed by atoms with Gasteiger partial charge in [0.1, 0.15) is 5.82 Å². The highest BCUT2D eigenvalue weighted by Gasteiger charge is 2.26. The molecule has 224 valence electrons. The van der Waals surface area contributed by atoms with Crippen LogP contribution in [0.25, 0.3) is 10.9 Å². The number of rotatable bonds is 8. The summed E-state index contributed by atoms with van der Waals surface area (Å²) in [6.45, 7) is 10.8. The van der Waals surface area contributed by atoms with Gasteiger partial charge in [-0.3, -0.25) is 9.59 Å². The SMILES string of the molecule is Cc1c(C)c(C)c(C(=O)c2ccccc2C(=O)NC[C@H]2CC[C@@H](Nc3nc(N(C)C)c4ccccc4n3)CC2)c(C)c1C. The first-order valence-electron chi connectivity index (χ1n) is 15.3. The fraction of sp³-hybridized carbons (Fsp3) is 0.389. The maximum Gasteiger partial charge on any atom is 0.252 e. The number of carbonyl (C=O) groups excluding carboxylic acids is 2. The van der Waals surface area contributed by atoms with Gasteiger partial charge >= 0.3 is 0 Å². The maximum absolute atomic E-state index is 13.9. The van der Waals surface area contributed by atoms with E-state index in [2.05, 4.69) is 37.5 Å². The predicted octanol–water partition coefficient (Wildman–Crippen LogP) is 6.87. The molecule has 1 aliphatic rings. The number of benzene rings is 3. The Hall–Kier alpha value is -4.26. The van der Waals surface area contributed by atoms with E-state index in [1.54, 1.807) is 12.1 Å². The molecule has 5 rings (SSSR count). The smallest absolute Gasteiger partial charge is 0.252 e. The highest BCUT2D eigenvalue weighted by Crippen LogP contribution is 2.30. The summed E-state index contributed by atoms with van der Waals surface area (Å²) < 4.78 is 0. The van der Waals surface area contributed by atoms with Gasteiger partial charge in [0.2, 0.25) is 5.95 Å². The summed E-state index contributed by atoms with van der Waals surface area (Å²) in [6, 6.07) is 15.5. The zero-order valence-corrected chi connectivity index (χ0v) is 26.5. The Morgan fingerprint density at radius 2 is 1.35 bits per heavy atom. The Kier molecular flexibility index (Phi) is 8.81. The number of fused-ring (bicyclic) bond motifs is 1. The van der Waals surface area contributed by atoms with E-state index in [0.29, 0.717) is 35.1 Å². The van der Waals surface area contributed by atoms with E-state index in [1.165, 1.54) is 5.56 Å². The first-order valence-corrected chi connectivity index (χ1v) is 15.3.